The summed E-state index contributed by atoms with van der Waals surface area (Å²) in [6.07, 6.45) is -0.691. The van der Waals surface area contributed by atoms with Gasteiger partial charge in [-0.15, -0.1) is 11.8 Å². The van der Waals surface area contributed by atoms with E-state index in [9.17, 15) is 9.36 Å². The highest BCUT2D eigenvalue weighted by molar-refractivity contribution is 7.54. The molecule has 0 fully saturated rings. The van der Waals surface area contributed by atoms with Crippen LogP contribution < -0.4 is 0 Å². The molecule has 0 aromatic heterocycles. The van der Waals surface area contributed by atoms with Gasteiger partial charge in [0, 0.05) is 0 Å². The summed E-state index contributed by atoms with van der Waals surface area (Å²) in [5.41, 5.74) is 0. The van der Waals surface area contributed by atoms with Gasteiger partial charge in [0.1, 0.15) is 19.4 Å². The lowest BCUT2D eigenvalue weighted by atomic mass is 10.6. The molecule has 0 saturated carbocycles. The molecule has 0 unspecified atom stereocenters. The standard InChI is InChI=1S/C10H13O5P/c1-3-5-7-14-16(13,9-10(11)12)15-8-6-4-2/h7-9H2,1-2H3,(H,11,12). The van der Waals surface area contributed by atoms with Gasteiger partial charge < -0.3 is 5.11 Å². The number of hydrogen-bond acceptors (Lipinski definition) is 4. The maximum Gasteiger partial charge on any atom is 0.343 e. The van der Waals surface area contributed by atoms with Crippen molar-refractivity contribution >= 4 is 13.6 Å². The van der Waals surface area contributed by atoms with Crippen LogP contribution in [0, 0.1) is 23.7 Å². The monoisotopic (exact) mass is 244 g/mol. The van der Waals surface area contributed by atoms with Crippen LogP contribution in [0.4, 0.5) is 0 Å². The molecule has 0 amide bonds. The Morgan fingerprint density at radius 3 is 1.94 bits per heavy atom. The Bertz CT molecular complexity index is 365. The van der Waals surface area contributed by atoms with Crippen molar-refractivity contribution in [2.24, 2.45) is 0 Å². The summed E-state index contributed by atoms with van der Waals surface area (Å²) in [5.74, 6) is 8.84. The van der Waals surface area contributed by atoms with Crippen LogP contribution >= 0.6 is 7.60 Å². The van der Waals surface area contributed by atoms with Gasteiger partial charge in [-0.25, -0.2) is 0 Å². The molecule has 0 radical (unpaired) electrons. The highest BCUT2D eigenvalue weighted by Gasteiger charge is 2.27. The molecule has 0 aliphatic rings. The van der Waals surface area contributed by atoms with Crippen molar-refractivity contribution in [3.63, 3.8) is 0 Å². The van der Waals surface area contributed by atoms with E-state index in [1.807, 2.05) is 0 Å². The summed E-state index contributed by atoms with van der Waals surface area (Å²) in [5, 5.41) is 8.56. The van der Waals surface area contributed by atoms with Gasteiger partial charge in [0.05, 0.1) is 0 Å². The number of hydrogen-bond donors (Lipinski definition) is 1. The average molecular weight is 244 g/mol. The zero-order valence-electron chi connectivity index (χ0n) is 9.15. The van der Waals surface area contributed by atoms with Crippen molar-refractivity contribution in [3.8, 4) is 23.7 Å². The predicted octanol–water partition coefficient (Wildman–Crippen LogP) is 1.34. The molecule has 1 N–H and O–H groups in total. The normalized spacial score (nSPS) is 9.62. The van der Waals surface area contributed by atoms with Crippen molar-refractivity contribution < 1.29 is 23.5 Å². The molecule has 88 valence electrons. The summed E-state index contributed by atoms with van der Waals surface area (Å²) in [4.78, 5) is 10.5. The highest BCUT2D eigenvalue weighted by Crippen LogP contribution is 2.47. The fourth-order valence-electron chi connectivity index (χ4n) is 0.700. The largest absolute Gasteiger partial charge is 0.481 e. The van der Waals surface area contributed by atoms with E-state index in [1.165, 1.54) is 0 Å². The van der Waals surface area contributed by atoms with Gasteiger partial charge in [-0.3, -0.25) is 18.4 Å². The SMILES string of the molecule is CC#CCOP(=O)(CC(=O)O)OCC#CC. The van der Waals surface area contributed by atoms with Crippen LogP contribution in [0.2, 0.25) is 0 Å². The first-order valence-electron chi connectivity index (χ1n) is 4.43. The molecule has 6 heteroatoms. The molecule has 0 saturated heterocycles. The van der Waals surface area contributed by atoms with E-state index in [1.54, 1.807) is 13.8 Å². The summed E-state index contributed by atoms with van der Waals surface area (Å²) >= 11 is 0. The van der Waals surface area contributed by atoms with Crippen LogP contribution in [0.1, 0.15) is 13.8 Å². The van der Waals surface area contributed by atoms with Gasteiger partial charge in [0.2, 0.25) is 0 Å². The third-order valence-corrected chi connectivity index (χ3v) is 3.05. The number of carboxylic acid groups (broad SMARTS) is 1. The molecule has 0 spiro atoms. The quantitative estimate of drug-likeness (QED) is 0.564. The van der Waals surface area contributed by atoms with E-state index in [0.717, 1.165) is 0 Å². The third-order valence-electron chi connectivity index (χ3n) is 1.35. The lowest BCUT2D eigenvalue weighted by Crippen LogP contribution is -2.09. The first kappa shape index (κ1) is 14.7. The summed E-state index contributed by atoms with van der Waals surface area (Å²) < 4.78 is 21.5. The molecular weight excluding hydrogens is 231 g/mol. The number of carbonyl (C=O) groups is 1. The van der Waals surface area contributed by atoms with E-state index >= 15 is 0 Å². The fraction of sp³-hybridized carbons (Fsp3) is 0.500. The Labute approximate surface area is 94.7 Å². The van der Waals surface area contributed by atoms with Crippen LogP contribution in [0.15, 0.2) is 0 Å². The van der Waals surface area contributed by atoms with E-state index in [2.05, 4.69) is 23.7 Å². The molecule has 0 bridgehead atoms. The maximum absolute atomic E-state index is 11.8. The second-order valence-electron chi connectivity index (χ2n) is 2.56. The van der Waals surface area contributed by atoms with E-state index in [-0.39, 0.29) is 13.2 Å². The first-order valence-corrected chi connectivity index (χ1v) is 6.16. The van der Waals surface area contributed by atoms with E-state index in [4.69, 9.17) is 14.2 Å². The van der Waals surface area contributed by atoms with Gasteiger partial charge in [0.15, 0.2) is 0 Å². The average Bonchev–Trinajstić information content (AvgIpc) is 2.17. The highest BCUT2D eigenvalue weighted by atomic mass is 31.2. The minimum absolute atomic E-state index is 0.124. The van der Waals surface area contributed by atoms with Crippen molar-refractivity contribution in [2.45, 2.75) is 13.8 Å². The van der Waals surface area contributed by atoms with Gasteiger partial charge in [-0.1, -0.05) is 11.8 Å². The maximum atomic E-state index is 11.8. The zero-order valence-corrected chi connectivity index (χ0v) is 10.0. The van der Waals surface area contributed by atoms with E-state index in [0.29, 0.717) is 0 Å². The van der Waals surface area contributed by atoms with Gasteiger partial charge in [0.25, 0.3) is 0 Å². The van der Waals surface area contributed by atoms with Crippen LogP contribution in [0.3, 0.4) is 0 Å². The number of rotatable bonds is 6. The molecule has 0 rings (SSSR count). The Hall–Kier alpha value is -1.26. The third kappa shape index (κ3) is 7.09. The second-order valence-corrected chi connectivity index (χ2v) is 4.62. The molecule has 0 atom stereocenters. The molecular formula is C10H13O5P. The Morgan fingerprint density at radius 1 is 1.19 bits per heavy atom. The minimum atomic E-state index is -3.64. The fourth-order valence-corrected chi connectivity index (χ4v) is 1.81. The predicted molar refractivity (Wildman–Crippen MR) is 58.9 cm³/mol. The Morgan fingerprint density at radius 2 is 1.62 bits per heavy atom. The minimum Gasteiger partial charge on any atom is -0.481 e. The van der Waals surface area contributed by atoms with Crippen LogP contribution in [0.25, 0.3) is 0 Å². The van der Waals surface area contributed by atoms with Crippen molar-refractivity contribution in [3.05, 3.63) is 0 Å². The lowest BCUT2D eigenvalue weighted by molar-refractivity contribution is -0.134. The molecule has 0 aliphatic heterocycles. The lowest BCUT2D eigenvalue weighted by Gasteiger charge is -2.13. The topological polar surface area (TPSA) is 72.8 Å². The van der Waals surface area contributed by atoms with Gasteiger partial charge in [-0.2, -0.15) is 0 Å². The Kier molecular flexibility index (Phi) is 7.33. The molecule has 5 nitrogen and oxygen atoms in total. The molecule has 16 heavy (non-hydrogen) atoms. The molecule has 0 aromatic carbocycles. The van der Waals surface area contributed by atoms with Gasteiger partial charge >= 0.3 is 13.6 Å². The number of carboxylic acids is 1. The van der Waals surface area contributed by atoms with Crippen LogP contribution in [0.5, 0.6) is 0 Å². The van der Waals surface area contributed by atoms with Crippen molar-refractivity contribution in [2.75, 3.05) is 19.4 Å². The summed E-state index contributed by atoms with van der Waals surface area (Å²) in [7, 11) is -3.64. The molecule has 0 heterocycles. The van der Waals surface area contributed by atoms with E-state index < -0.39 is 19.7 Å². The van der Waals surface area contributed by atoms with Gasteiger partial charge in [-0.05, 0) is 13.8 Å². The second kappa shape index (κ2) is 7.96. The number of aliphatic carboxylic acids is 1. The Balaban J connectivity index is 4.43. The zero-order chi connectivity index (χ0) is 12.4. The van der Waals surface area contributed by atoms with Crippen LogP contribution in [-0.4, -0.2) is 30.5 Å². The molecule has 0 aliphatic carbocycles. The summed E-state index contributed by atoms with van der Waals surface area (Å²) in [6, 6.07) is 0. The van der Waals surface area contributed by atoms with Crippen molar-refractivity contribution in [1.29, 1.82) is 0 Å². The summed E-state index contributed by atoms with van der Waals surface area (Å²) in [6.45, 7) is 2.94. The van der Waals surface area contributed by atoms with Crippen molar-refractivity contribution in [1.82, 2.24) is 0 Å². The smallest absolute Gasteiger partial charge is 0.343 e. The van der Waals surface area contributed by atoms with Crippen LogP contribution in [-0.2, 0) is 18.4 Å². The molecule has 0 aromatic rings. The first-order chi connectivity index (χ1) is 7.54.